The van der Waals surface area contributed by atoms with Crippen LogP contribution in [0.3, 0.4) is 0 Å². The van der Waals surface area contributed by atoms with Crippen molar-refractivity contribution in [3.63, 3.8) is 0 Å². The van der Waals surface area contributed by atoms with E-state index in [2.05, 4.69) is 10.4 Å². The maximum atomic E-state index is 14.7. The molecule has 1 aliphatic rings. The number of benzene rings is 1. The molecule has 3 heterocycles. The molecule has 1 aliphatic heterocycles. The maximum Gasteiger partial charge on any atom is 0.274 e. The first-order chi connectivity index (χ1) is 16.1. The van der Waals surface area contributed by atoms with Crippen LogP contribution < -0.4 is 16.4 Å². The van der Waals surface area contributed by atoms with E-state index >= 15 is 0 Å². The Bertz CT molecular complexity index is 1350. The van der Waals surface area contributed by atoms with Crippen LogP contribution in [0.15, 0.2) is 40.1 Å². The largest absolute Gasteiger partial charge is 0.379 e. The van der Waals surface area contributed by atoms with Gasteiger partial charge in [0.2, 0.25) is 0 Å². The smallest absolute Gasteiger partial charge is 0.274 e. The van der Waals surface area contributed by atoms with Gasteiger partial charge in [0.15, 0.2) is 5.82 Å². The van der Waals surface area contributed by atoms with Gasteiger partial charge in [-0.2, -0.15) is 5.10 Å². The average molecular weight is 484 g/mol. The van der Waals surface area contributed by atoms with Gasteiger partial charge in [-0.1, -0.05) is 18.2 Å². The predicted octanol–water partition coefficient (Wildman–Crippen LogP) is 3.73. The van der Waals surface area contributed by atoms with Gasteiger partial charge < -0.3 is 14.6 Å². The van der Waals surface area contributed by atoms with Gasteiger partial charge in [0, 0.05) is 43.3 Å². The third kappa shape index (κ3) is 3.85. The fourth-order valence-electron chi connectivity index (χ4n) is 4.17. The van der Waals surface area contributed by atoms with Gasteiger partial charge in [-0.3, -0.25) is 9.59 Å². The third-order valence-corrected chi connectivity index (χ3v) is 6.11. The summed E-state index contributed by atoms with van der Waals surface area (Å²) in [6.07, 6.45) is -4.93. The molecular weight excluding hydrogens is 463 g/mol. The van der Waals surface area contributed by atoms with Crippen LogP contribution in [0.1, 0.15) is 36.9 Å². The number of hydrogen-bond acceptors (Lipinski definition) is 5. The summed E-state index contributed by atoms with van der Waals surface area (Å²) in [5.41, 5.74) is -4.21. The second-order valence-corrected chi connectivity index (χ2v) is 8.21. The zero-order chi connectivity index (χ0) is 24.8. The summed E-state index contributed by atoms with van der Waals surface area (Å²) >= 11 is 0. The second kappa shape index (κ2) is 8.82. The Morgan fingerprint density at radius 3 is 2.47 bits per heavy atom. The Morgan fingerprint density at radius 1 is 1.15 bits per heavy atom. The summed E-state index contributed by atoms with van der Waals surface area (Å²) in [7, 11) is 1.33. The van der Waals surface area contributed by atoms with Gasteiger partial charge in [-0.15, -0.1) is 0 Å². The third-order valence-electron chi connectivity index (χ3n) is 6.11. The highest BCUT2D eigenvalue weighted by molar-refractivity contribution is 5.90. The molecule has 3 aromatic rings. The minimum absolute atomic E-state index is 0.0106. The van der Waals surface area contributed by atoms with Crippen LogP contribution in [0.4, 0.5) is 27.8 Å². The molecule has 0 saturated carbocycles. The quantitative estimate of drug-likeness (QED) is 0.540. The topological polar surface area (TPSA) is 78.2 Å². The van der Waals surface area contributed by atoms with Crippen LogP contribution in [-0.2, 0) is 17.3 Å². The summed E-state index contributed by atoms with van der Waals surface area (Å²) in [5.74, 6) is -1.10. The average Bonchev–Trinajstić information content (AvgIpc) is 3.28. The Morgan fingerprint density at radius 2 is 1.85 bits per heavy atom. The molecule has 1 aromatic carbocycles. The van der Waals surface area contributed by atoms with E-state index < -0.39 is 46.9 Å². The number of rotatable bonds is 6. The van der Waals surface area contributed by atoms with E-state index in [1.165, 1.54) is 26.1 Å². The highest BCUT2D eigenvalue weighted by Gasteiger charge is 2.46. The lowest BCUT2D eigenvalue weighted by molar-refractivity contribution is -0.00484. The molecule has 2 aromatic heterocycles. The molecule has 0 amide bonds. The van der Waals surface area contributed by atoms with E-state index in [-0.39, 0.29) is 41.8 Å². The Balaban J connectivity index is 1.87. The summed E-state index contributed by atoms with van der Waals surface area (Å²) in [5, 5.41) is 6.94. The van der Waals surface area contributed by atoms with Crippen molar-refractivity contribution >= 4 is 16.6 Å². The van der Waals surface area contributed by atoms with Gasteiger partial charge in [-0.05, 0) is 6.92 Å². The fraction of sp³-hybridized carbons (Fsp3) is 0.409. The van der Waals surface area contributed by atoms with Crippen LogP contribution in [-0.4, -0.2) is 34.0 Å². The molecule has 0 bridgehead atoms. The molecule has 0 aliphatic carbocycles. The number of alkyl halides is 4. The molecule has 1 fully saturated rings. The van der Waals surface area contributed by atoms with Crippen molar-refractivity contribution in [2.45, 2.75) is 37.8 Å². The van der Waals surface area contributed by atoms with Crippen LogP contribution in [0, 0.1) is 5.82 Å². The van der Waals surface area contributed by atoms with Gasteiger partial charge in [0.25, 0.3) is 24.0 Å². The number of fused-ring (bicyclic) bond motifs is 1. The van der Waals surface area contributed by atoms with Crippen molar-refractivity contribution in [3.8, 4) is 0 Å². The van der Waals surface area contributed by atoms with Crippen molar-refractivity contribution in [1.82, 2.24) is 14.3 Å². The van der Waals surface area contributed by atoms with Crippen LogP contribution in [0.25, 0.3) is 10.8 Å². The fourth-order valence-corrected chi connectivity index (χ4v) is 4.17. The van der Waals surface area contributed by atoms with Crippen LogP contribution >= 0.6 is 0 Å². The van der Waals surface area contributed by atoms with Crippen molar-refractivity contribution in [2.24, 2.45) is 7.05 Å². The molecule has 2 atom stereocenters. The first kappa shape index (κ1) is 23.9. The van der Waals surface area contributed by atoms with E-state index in [4.69, 9.17) is 4.74 Å². The van der Waals surface area contributed by atoms with E-state index in [0.29, 0.717) is 0 Å². The summed E-state index contributed by atoms with van der Waals surface area (Å²) in [6, 6.07) is 3.64. The second-order valence-electron chi connectivity index (χ2n) is 8.21. The number of hydrogen-bond donors (Lipinski definition) is 1. The number of halogens is 5. The lowest BCUT2D eigenvalue weighted by atomic mass is 9.98. The lowest BCUT2D eigenvalue weighted by Gasteiger charge is -2.29. The molecule has 34 heavy (non-hydrogen) atoms. The number of anilines is 1. The number of nitrogens with one attached hydrogen (secondary N) is 1. The predicted molar refractivity (Wildman–Crippen MR) is 114 cm³/mol. The number of aryl methyl sites for hydroxylation is 1. The molecule has 0 spiro atoms. The Hall–Kier alpha value is -3.28. The highest BCUT2D eigenvalue weighted by atomic mass is 19.3. The van der Waals surface area contributed by atoms with E-state index in [1.807, 2.05) is 0 Å². The molecule has 7 nitrogen and oxygen atoms in total. The SMILES string of the molecule is C[C@@H](Nc1nn(C)c(=O)c2cc(=O)n([C@@]3(C(F)F)CCOC3)cc12)c1cccc(C(F)F)c1F. The van der Waals surface area contributed by atoms with E-state index in [1.54, 1.807) is 0 Å². The van der Waals surface area contributed by atoms with Gasteiger partial charge in [0.1, 0.15) is 11.4 Å². The van der Waals surface area contributed by atoms with Crippen LogP contribution in [0.2, 0.25) is 0 Å². The molecule has 182 valence electrons. The minimum Gasteiger partial charge on any atom is -0.379 e. The number of pyridine rings is 1. The summed E-state index contributed by atoms with van der Waals surface area (Å²) < 4.78 is 75.9. The number of nitrogens with zero attached hydrogens (tertiary/aromatic N) is 3. The van der Waals surface area contributed by atoms with E-state index in [0.717, 1.165) is 27.6 Å². The standard InChI is InChI=1S/C22H21F5N4O3/c1-11(12-4-3-5-13(17(12)23)18(24)25)28-19-15-9-31(22(21(26)27)6-7-34-10-22)16(32)8-14(15)20(33)30(2)29-19/h3-5,8-9,11,18,21H,6-7,10H2,1-2H3,(H,28,29)/t11-,22+/m1/s1. The first-order valence-electron chi connectivity index (χ1n) is 10.4. The van der Waals surface area contributed by atoms with Gasteiger partial charge in [0.05, 0.1) is 23.6 Å². The zero-order valence-corrected chi connectivity index (χ0v) is 18.2. The maximum absolute atomic E-state index is 14.7. The minimum atomic E-state index is -3.02. The number of aromatic nitrogens is 3. The molecule has 12 heteroatoms. The molecule has 1 N–H and O–H groups in total. The van der Waals surface area contributed by atoms with Gasteiger partial charge >= 0.3 is 0 Å². The highest BCUT2D eigenvalue weighted by Crippen LogP contribution is 2.34. The lowest BCUT2D eigenvalue weighted by Crippen LogP contribution is -2.47. The normalized spacial score (nSPS) is 19.3. The van der Waals surface area contributed by atoms with Gasteiger partial charge in [-0.25, -0.2) is 26.6 Å². The van der Waals surface area contributed by atoms with Crippen molar-refractivity contribution in [2.75, 3.05) is 18.5 Å². The first-order valence-corrected chi connectivity index (χ1v) is 10.4. The molecule has 0 radical (unpaired) electrons. The monoisotopic (exact) mass is 484 g/mol. The van der Waals surface area contributed by atoms with E-state index in [9.17, 15) is 31.5 Å². The molecule has 1 saturated heterocycles. The summed E-state index contributed by atoms with van der Waals surface area (Å²) in [4.78, 5) is 25.4. The van der Waals surface area contributed by atoms with Crippen LogP contribution in [0.5, 0.6) is 0 Å². The molecular formula is C22H21F5N4O3. The van der Waals surface area contributed by atoms with Crippen molar-refractivity contribution in [1.29, 1.82) is 0 Å². The Kier molecular flexibility index (Phi) is 6.19. The zero-order valence-electron chi connectivity index (χ0n) is 18.2. The molecule has 4 rings (SSSR count). The van der Waals surface area contributed by atoms with Crippen molar-refractivity contribution in [3.05, 3.63) is 68.1 Å². The molecule has 0 unspecified atom stereocenters. The Labute approximate surface area is 189 Å². The van der Waals surface area contributed by atoms with Crippen molar-refractivity contribution < 1.29 is 26.7 Å². The summed E-state index contributed by atoms with van der Waals surface area (Å²) in [6.45, 7) is 1.14. The number of ether oxygens (including phenoxy) is 1.